The van der Waals surface area contributed by atoms with E-state index in [4.69, 9.17) is 4.74 Å². The summed E-state index contributed by atoms with van der Waals surface area (Å²) in [7, 11) is 0. The molecule has 1 aromatic rings. The summed E-state index contributed by atoms with van der Waals surface area (Å²) in [4.78, 5) is 15.1. The molecule has 1 amide bonds. The van der Waals surface area contributed by atoms with Crippen molar-refractivity contribution >= 4 is 30.7 Å². The third-order valence-electron chi connectivity index (χ3n) is 6.57. The van der Waals surface area contributed by atoms with Crippen molar-refractivity contribution in [2.45, 2.75) is 58.4 Å². The summed E-state index contributed by atoms with van der Waals surface area (Å²) in [5.41, 5.74) is 2.85. The lowest BCUT2D eigenvalue weighted by atomic mass is 9.92. The zero-order valence-corrected chi connectivity index (χ0v) is 19.1. The average Bonchev–Trinajstić information content (AvgIpc) is 3.33. The summed E-state index contributed by atoms with van der Waals surface area (Å²) in [6.07, 6.45) is 3.92. The van der Waals surface area contributed by atoms with Gasteiger partial charge in [-0.3, -0.25) is 9.69 Å². The standard InChI is InChI=1S/C22H33N3O2.2ClH/c1-16-13-25(14-17(2)27-16)15-19-6-4-3-5-18(19)12-24-21(26)20-11-22(20)7-9-23-10-8-22;;/h3-6,16-17,20,23H,7-15H2,1-2H3,(H,24,26);2*1H. The number of rotatable bonds is 5. The van der Waals surface area contributed by atoms with Crippen LogP contribution in [0.5, 0.6) is 0 Å². The molecule has 0 bridgehead atoms. The van der Waals surface area contributed by atoms with Gasteiger partial charge in [0.2, 0.25) is 5.91 Å². The van der Waals surface area contributed by atoms with E-state index in [1.54, 1.807) is 0 Å². The fourth-order valence-corrected chi connectivity index (χ4v) is 5.04. The monoisotopic (exact) mass is 443 g/mol. The molecular formula is C22H35Cl2N3O2. The summed E-state index contributed by atoms with van der Waals surface area (Å²) in [5, 5.41) is 6.63. The van der Waals surface area contributed by atoms with E-state index >= 15 is 0 Å². The average molecular weight is 444 g/mol. The van der Waals surface area contributed by atoms with E-state index in [0.29, 0.717) is 12.0 Å². The molecule has 0 radical (unpaired) electrons. The number of amides is 1. The number of benzene rings is 1. The summed E-state index contributed by atoms with van der Waals surface area (Å²) in [6.45, 7) is 9.87. The molecule has 2 N–H and O–H groups in total. The maximum absolute atomic E-state index is 12.7. The molecule has 1 spiro atoms. The smallest absolute Gasteiger partial charge is 0.223 e. The minimum atomic E-state index is 0. The van der Waals surface area contributed by atoms with Gasteiger partial charge in [0.05, 0.1) is 12.2 Å². The third-order valence-corrected chi connectivity index (χ3v) is 6.57. The van der Waals surface area contributed by atoms with Crippen LogP contribution in [0, 0.1) is 11.3 Å². The quantitative estimate of drug-likeness (QED) is 0.733. The maximum Gasteiger partial charge on any atom is 0.223 e. The number of piperidine rings is 1. The van der Waals surface area contributed by atoms with E-state index in [9.17, 15) is 4.79 Å². The Morgan fingerprint density at radius 2 is 1.76 bits per heavy atom. The van der Waals surface area contributed by atoms with Crippen LogP contribution in [0.3, 0.4) is 0 Å². The van der Waals surface area contributed by atoms with Gasteiger partial charge in [0.25, 0.3) is 0 Å². The van der Waals surface area contributed by atoms with Crippen LogP contribution >= 0.6 is 24.8 Å². The summed E-state index contributed by atoms with van der Waals surface area (Å²) < 4.78 is 5.85. The number of ether oxygens (including phenoxy) is 1. The van der Waals surface area contributed by atoms with E-state index in [-0.39, 0.29) is 48.8 Å². The lowest BCUT2D eigenvalue weighted by Gasteiger charge is -2.35. The number of hydrogen-bond donors (Lipinski definition) is 2. The van der Waals surface area contributed by atoms with Crippen LogP contribution in [0.1, 0.15) is 44.2 Å². The lowest BCUT2D eigenvalue weighted by molar-refractivity contribution is -0.123. The van der Waals surface area contributed by atoms with Crippen molar-refractivity contribution in [3.8, 4) is 0 Å². The number of nitrogens with zero attached hydrogens (tertiary/aromatic N) is 1. The van der Waals surface area contributed by atoms with Crippen LogP contribution in [0.25, 0.3) is 0 Å². The summed E-state index contributed by atoms with van der Waals surface area (Å²) in [5.74, 6) is 0.480. The molecular weight excluding hydrogens is 409 g/mol. The molecule has 7 heteroatoms. The van der Waals surface area contributed by atoms with Gasteiger partial charge in [0, 0.05) is 32.1 Å². The van der Waals surface area contributed by atoms with E-state index in [1.165, 1.54) is 11.1 Å². The zero-order chi connectivity index (χ0) is 18.9. The third kappa shape index (κ3) is 5.86. The van der Waals surface area contributed by atoms with Gasteiger partial charge >= 0.3 is 0 Å². The highest BCUT2D eigenvalue weighted by Gasteiger charge is 2.57. The van der Waals surface area contributed by atoms with Crippen molar-refractivity contribution in [3.05, 3.63) is 35.4 Å². The fraction of sp³-hybridized carbons (Fsp3) is 0.682. The molecule has 3 fully saturated rings. The topological polar surface area (TPSA) is 53.6 Å². The number of halogens is 2. The summed E-state index contributed by atoms with van der Waals surface area (Å²) in [6, 6.07) is 8.51. The van der Waals surface area contributed by atoms with Crippen molar-refractivity contribution in [1.29, 1.82) is 0 Å². The Kier molecular flexibility index (Phi) is 8.80. The van der Waals surface area contributed by atoms with E-state index in [2.05, 4.69) is 53.6 Å². The van der Waals surface area contributed by atoms with Crippen molar-refractivity contribution in [2.75, 3.05) is 26.2 Å². The van der Waals surface area contributed by atoms with E-state index < -0.39 is 0 Å². The Morgan fingerprint density at radius 3 is 2.41 bits per heavy atom. The van der Waals surface area contributed by atoms with Crippen LogP contribution in [-0.2, 0) is 22.6 Å². The van der Waals surface area contributed by atoms with Gasteiger partial charge in [-0.15, -0.1) is 24.8 Å². The molecule has 3 unspecified atom stereocenters. The van der Waals surface area contributed by atoms with Crippen LogP contribution in [0.2, 0.25) is 0 Å². The van der Waals surface area contributed by atoms with Gasteiger partial charge in [0.15, 0.2) is 0 Å². The molecule has 0 aromatic heterocycles. The molecule has 164 valence electrons. The van der Waals surface area contributed by atoms with E-state index in [1.807, 2.05) is 0 Å². The first kappa shape index (κ1) is 24.4. The van der Waals surface area contributed by atoms with E-state index in [0.717, 1.165) is 52.0 Å². The number of carbonyl (C=O) groups excluding carboxylic acids is 1. The second-order valence-corrected chi connectivity index (χ2v) is 8.81. The Labute approximate surface area is 187 Å². The minimum Gasteiger partial charge on any atom is -0.373 e. The predicted octanol–water partition coefficient (Wildman–Crippen LogP) is 3.15. The molecule has 3 atom stereocenters. The lowest BCUT2D eigenvalue weighted by Crippen LogP contribution is -2.45. The van der Waals surface area contributed by atoms with Gasteiger partial charge in [-0.2, -0.15) is 0 Å². The van der Waals surface area contributed by atoms with Gasteiger partial charge in [-0.1, -0.05) is 24.3 Å². The SMILES string of the molecule is CC1CN(Cc2ccccc2CNC(=O)C2CC23CCNCC3)CC(C)O1.Cl.Cl. The molecule has 1 aromatic carbocycles. The molecule has 4 rings (SSSR count). The highest BCUT2D eigenvalue weighted by atomic mass is 35.5. The Bertz CT molecular complexity index is 672. The number of carbonyl (C=O) groups is 1. The van der Waals surface area contributed by atoms with Crippen molar-refractivity contribution in [1.82, 2.24) is 15.5 Å². The summed E-state index contributed by atoms with van der Waals surface area (Å²) >= 11 is 0. The molecule has 3 aliphatic rings. The highest BCUT2D eigenvalue weighted by Crippen LogP contribution is 2.58. The van der Waals surface area contributed by atoms with Crippen LogP contribution < -0.4 is 10.6 Å². The predicted molar refractivity (Wildman–Crippen MR) is 121 cm³/mol. The molecule has 2 aliphatic heterocycles. The number of hydrogen-bond acceptors (Lipinski definition) is 4. The van der Waals surface area contributed by atoms with Crippen molar-refractivity contribution in [2.24, 2.45) is 11.3 Å². The molecule has 1 saturated carbocycles. The van der Waals surface area contributed by atoms with Gasteiger partial charge < -0.3 is 15.4 Å². The second kappa shape index (κ2) is 10.5. The number of nitrogens with one attached hydrogen (secondary N) is 2. The molecule has 29 heavy (non-hydrogen) atoms. The molecule has 5 nitrogen and oxygen atoms in total. The van der Waals surface area contributed by atoms with Gasteiger partial charge in [0.1, 0.15) is 0 Å². The number of morpholine rings is 1. The minimum absolute atomic E-state index is 0. The molecule has 2 heterocycles. The largest absolute Gasteiger partial charge is 0.373 e. The Balaban J connectivity index is 0.00000150. The van der Waals surface area contributed by atoms with Crippen molar-refractivity contribution in [3.63, 3.8) is 0 Å². The first-order valence-corrected chi connectivity index (χ1v) is 10.5. The maximum atomic E-state index is 12.7. The van der Waals surface area contributed by atoms with Gasteiger partial charge in [-0.05, 0) is 62.7 Å². The first-order valence-electron chi connectivity index (χ1n) is 10.5. The first-order chi connectivity index (χ1) is 13.1. The van der Waals surface area contributed by atoms with Crippen LogP contribution in [-0.4, -0.2) is 49.2 Å². The van der Waals surface area contributed by atoms with Crippen LogP contribution in [0.15, 0.2) is 24.3 Å². The van der Waals surface area contributed by atoms with Gasteiger partial charge in [-0.25, -0.2) is 0 Å². The molecule has 2 saturated heterocycles. The normalized spacial score (nSPS) is 28.1. The molecule has 1 aliphatic carbocycles. The second-order valence-electron chi connectivity index (χ2n) is 8.81. The Morgan fingerprint density at radius 1 is 1.14 bits per heavy atom. The highest BCUT2D eigenvalue weighted by molar-refractivity contribution is 5.85. The fourth-order valence-electron chi connectivity index (χ4n) is 5.04. The van der Waals surface area contributed by atoms with Crippen molar-refractivity contribution < 1.29 is 9.53 Å². The van der Waals surface area contributed by atoms with Crippen LogP contribution in [0.4, 0.5) is 0 Å². The zero-order valence-electron chi connectivity index (χ0n) is 17.5. The Hall–Kier alpha value is -0.850.